The van der Waals surface area contributed by atoms with Gasteiger partial charge >= 0.3 is 0 Å². The number of ketones is 1. The van der Waals surface area contributed by atoms with Crippen LogP contribution in [0.5, 0.6) is 0 Å². The SMILES string of the molecule is CC[C@@]1(C(=O)CCc2ccccc2)SCCC[S@]1=O. The molecule has 0 N–H and O–H groups in total. The summed E-state index contributed by atoms with van der Waals surface area (Å²) in [6.07, 6.45) is 2.89. The van der Waals surface area contributed by atoms with Crippen molar-refractivity contribution in [2.45, 2.75) is 36.7 Å². The van der Waals surface area contributed by atoms with Crippen molar-refractivity contribution in [1.82, 2.24) is 0 Å². The maximum atomic E-state index is 12.5. The van der Waals surface area contributed by atoms with Crippen molar-refractivity contribution in [1.29, 1.82) is 0 Å². The normalized spacial score (nSPS) is 27.1. The Balaban J connectivity index is 2.03. The molecule has 104 valence electrons. The summed E-state index contributed by atoms with van der Waals surface area (Å²) in [7, 11) is -1.01. The zero-order valence-corrected chi connectivity index (χ0v) is 12.9. The molecule has 1 aromatic carbocycles. The average molecular weight is 296 g/mol. The second-order valence-electron chi connectivity index (χ2n) is 4.77. The molecule has 0 spiro atoms. The number of carbonyl (C=O) groups excluding carboxylic acids is 1. The first-order valence-electron chi connectivity index (χ1n) is 6.78. The number of carbonyl (C=O) groups is 1. The molecular weight excluding hydrogens is 276 g/mol. The fourth-order valence-electron chi connectivity index (χ4n) is 2.42. The lowest BCUT2D eigenvalue weighted by Gasteiger charge is -2.33. The summed E-state index contributed by atoms with van der Waals surface area (Å²) >= 11 is 1.61. The predicted molar refractivity (Wildman–Crippen MR) is 82.9 cm³/mol. The summed E-state index contributed by atoms with van der Waals surface area (Å²) in [5, 5.41) is 0. The van der Waals surface area contributed by atoms with Gasteiger partial charge in [-0.2, -0.15) is 0 Å². The van der Waals surface area contributed by atoms with Crippen LogP contribution in [-0.2, 0) is 22.0 Å². The van der Waals surface area contributed by atoms with Gasteiger partial charge in [0.05, 0.1) is 0 Å². The zero-order chi connectivity index (χ0) is 13.7. The molecule has 1 aromatic rings. The summed E-state index contributed by atoms with van der Waals surface area (Å²) in [4.78, 5) is 12.5. The van der Waals surface area contributed by atoms with Crippen LogP contribution in [0.1, 0.15) is 31.7 Å². The highest BCUT2D eigenvalue weighted by Crippen LogP contribution is 2.39. The summed E-state index contributed by atoms with van der Waals surface area (Å²) in [6.45, 7) is 1.98. The second-order valence-corrected chi connectivity index (χ2v) is 8.22. The molecule has 0 saturated carbocycles. The minimum absolute atomic E-state index is 0.168. The molecule has 4 heteroatoms. The molecule has 0 bridgehead atoms. The molecule has 2 rings (SSSR count). The van der Waals surface area contributed by atoms with Crippen molar-refractivity contribution in [2.75, 3.05) is 11.5 Å². The molecule has 2 nitrogen and oxygen atoms in total. The van der Waals surface area contributed by atoms with Crippen LogP contribution < -0.4 is 0 Å². The van der Waals surface area contributed by atoms with E-state index in [9.17, 15) is 9.00 Å². The van der Waals surface area contributed by atoms with Gasteiger partial charge in [-0.15, -0.1) is 11.8 Å². The largest absolute Gasteiger partial charge is 0.297 e. The first kappa shape index (κ1) is 14.8. The lowest BCUT2D eigenvalue weighted by atomic mass is 10.0. The number of thioether (sulfide) groups is 1. The van der Waals surface area contributed by atoms with E-state index in [-0.39, 0.29) is 5.78 Å². The molecule has 1 aliphatic rings. The third-order valence-electron chi connectivity index (χ3n) is 3.55. The van der Waals surface area contributed by atoms with E-state index in [4.69, 9.17) is 0 Å². The van der Waals surface area contributed by atoms with Crippen LogP contribution in [0, 0.1) is 0 Å². The van der Waals surface area contributed by atoms with Crippen LogP contribution in [0.2, 0.25) is 0 Å². The summed E-state index contributed by atoms with van der Waals surface area (Å²) < 4.78 is 11.6. The molecule has 1 aliphatic heterocycles. The molecule has 1 saturated heterocycles. The van der Waals surface area contributed by atoms with E-state index in [0.717, 1.165) is 18.6 Å². The lowest BCUT2D eigenvalue weighted by molar-refractivity contribution is -0.119. The monoisotopic (exact) mass is 296 g/mol. The van der Waals surface area contributed by atoms with E-state index < -0.39 is 14.9 Å². The van der Waals surface area contributed by atoms with E-state index in [2.05, 4.69) is 0 Å². The number of Topliss-reactive ketones (excluding diaryl/α,β-unsaturated/α-hetero) is 1. The molecular formula is C15H20O2S2. The molecule has 19 heavy (non-hydrogen) atoms. The van der Waals surface area contributed by atoms with Gasteiger partial charge in [-0.3, -0.25) is 9.00 Å². The Morgan fingerprint density at radius 3 is 2.74 bits per heavy atom. The van der Waals surface area contributed by atoms with Gasteiger partial charge in [0.2, 0.25) is 0 Å². The van der Waals surface area contributed by atoms with Crippen molar-refractivity contribution in [2.24, 2.45) is 0 Å². The number of rotatable bonds is 5. The molecule has 1 heterocycles. The third kappa shape index (κ3) is 3.29. The number of aryl methyl sites for hydroxylation is 1. The summed E-state index contributed by atoms with van der Waals surface area (Å²) in [5.74, 6) is 1.80. The Morgan fingerprint density at radius 2 is 2.11 bits per heavy atom. The van der Waals surface area contributed by atoms with E-state index >= 15 is 0 Å². The number of hydrogen-bond donors (Lipinski definition) is 0. The first-order chi connectivity index (χ1) is 9.19. The van der Waals surface area contributed by atoms with E-state index in [1.54, 1.807) is 11.8 Å². The van der Waals surface area contributed by atoms with Crippen molar-refractivity contribution in [3.05, 3.63) is 35.9 Å². The van der Waals surface area contributed by atoms with E-state index in [0.29, 0.717) is 18.6 Å². The highest BCUT2D eigenvalue weighted by atomic mass is 32.2. The van der Waals surface area contributed by atoms with Crippen LogP contribution in [0.4, 0.5) is 0 Å². The lowest BCUT2D eigenvalue weighted by Crippen LogP contribution is -2.43. The van der Waals surface area contributed by atoms with Gasteiger partial charge in [-0.1, -0.05) is 37.3 Å². The van der Waals surface area contributed by atoms with Gasteiger partial charge in [-0.05, 0) is 30.6 Å². The average Bonchev–Trinajstić information content (AvgIpc) is 2.46. The fourth-order valence-corrected chi connectivity index (χ4v) is 6.13. The van der Waals surface area contributed by atoms with Gasteiger partial charge in [0.25, 0.3) is 0 Å². The smallest absolute Gasteiger partial charge is 0.161 e. The Labute approximate surface area is 121 Å². The first-order valence-corrected chi connectivity index (χ1v) is 9.09. The van der Waals surface area contributed by atoms with E-state index in [1.807, 2.05) is 37.3 Å². The summed E-state index contributed by atoms with van der Waals surface area (Å²) in [6, 6.07) is 10.0. The number of hydrogen-bond acceptors (Lipinski definition) is 3. The van der Waals surface area contributed by atoms with Crippen LogP contribution in [0.3, 0.4) is 0 Å². The Bertz CT molecular complexity index is 458. The summed E-state index contributed by atoms with van der Waals surface area (Å²) in [5.41, 5.74) is 1.17. The minimum atomic E-state index is -1.01. The van der Waals surface area contributed by atoms with E-state index in [1.165, 1.54) is 5.56 Å². The highest BCUT2D eigenvalue weighted by molar-refractivity contribution is 8.14. The topological polar surface area (TPSA) is 34.1 Å². The maximum absolute atomic E-state index is 12.5. The molecule has 0 unspecified atom stereocenters. The Morgan fingerprint density at radius 1 is 1.37 bits per heavy atom. The minimum Gasteiger partial charge on any atom is -0.297 e. The van der Waals surface area contributed by atoms with Crippen LogP contribution >= 0.6 is 11.8 Å². The van der Waals surface area contributed by atoms with Crippen LogP contribution in [0.15, 0.2) is 30.3 Å². The van der Waals surface area contributed by atoms with Crippen molar-refractivity contribution < 1.29 is 9.00 Å². The Hall–Kier alpha value is -0.610. The second kappa shape index (κ2) is 6.71. The van der Waals surface area contributed by atoms with Crippen molar-refractivity contribution in [3.63, 3.8) is 0 Å². The molecule has 0 aliphatic carbocycles. The van der Waals surface area contributed by atoms with Crippen LogP contribution in [-0.4, -0.2) is 25.6 Å². The van der Waals surface area contributed by atoms with Gasteiger partial charge < -0.3 is 0 Å². The van der Waals surface area contributed by atoms with Crippen molar-refractivity contribution in [3.8, 4) is 0 Å². The van der Waals surface area contributed by atoms with Crippen molar-refractivity contribution >= 4 is 28.3 Å². The van der Waals surface area contributed by atoms with Crippen LogP contribution in [0.25, 0.3) is 0 Å². The molecule has 2 atom stereocenters. The Kier molecular flexibility index (Phi) is 5.22. The number of benzene rings is 1. The third-order valence-corrected chi connectivity index (χ3v) is 7.85. The molecule has 0 radical (unpaired) electrons. The predicted octanol–water partition coefficient (Wildman–Crippen LogP) is 3.18. The van der Waals surface area contributed by atoms with Gasteiger partial charge in [-0.25, -0.2) is 0 Å². The maximum Gasteiger partial charge on any atom is 0.161 e. The van der Waals surface area contributed by atoms with Gasteiger partial charge in [0.15, 0.2) is 5.78 Å². The molecule has 0 amide bonds. The highest BCUT2D eigenvalue weighted by Gasteiger charge is 2.44. The molecule has 1 fully saturated rings. The van der Waals surface area contributed by atoms with Gasteiger partial charge in [0, 0.05) is 23.0 Å². The zero-order valence-electron chi connectivity index (χ0n) is 11.3. The quantitative estimate of drug-likeness (QED) is 0.837. The molecule has 0 aromatic heterocycles. The van der Waals surface area contributed by atoms with Gasteiger partial charge in [0.1, 0.15) is 4.08 Å². The fraction of sp³-hybridized carbons (Fsp3) is 0.533. The standard InChI is InChI=1S/C15H20O2S2/c1-2-15(18-11-6-12-19(15)17)14(16)10-9-13-7-4-3-5-8-13/h3-5,7-8H,2,6,9-12H2,1H3/t15-,19-/m1/s1.